The molecule has 2 aromatic heterocycles. The van der Waals surface area contributed by atoms with Gasteiger partial charge < -0.3 is 24.8 Å². The van der Waals surface area contributed by atoms with Gasteiger partial charge in [-0.25, -0.2) is 4.39 Å². The molecular weight excluding hydrogens is 417 g/mol. The summed E-state index contributed by atoms with van der Waals surface area (Å²) in [5, 5.41) is 22.6. The molecule has 1 aromatic carbocycles. The number of methoxy groups -OCH3 is 1. The number of benzene rings is 1. The van der Waals surface area contributed by atoms with Crippen LogP contribution in [0.4, 0.5) is 4.39 Å². The molecule has 1 amide bonds. The van der Waals surface area contributed by atoms with Crippen molar-refractivity contribution in [2.75, 3.05) is 20.3 Å². The summed E-state index contributed by atoms with van der Waals surface area (Å²) in [6, 6.07) is 7.80. The van der Waals surface area contributed by atoms with Gasteiger partial charge in [-0.2, -0.15) is 0 Å². The molecule has 32 heavy (non-hydrogen) atoms. The maximum Gasteiger partial charge on any atom is 0.267 e. The molecule has 3 aromatic rings. The quantitative estimate of drug-likeness (QED) is 0.436. The monoisotopic (exact) mass is 443 g/mol. The van der Waals surface area contributed by atoms with Gasteiger partial charge in [0.15, 0.2) is 5.75 Å². The Balaban J connectivity index is 2.08. The number of rotatable bonds is 9. The van der Waals surface area contributed by atoms with E-state index in [1.807, 2.05) is 0 Å². The molecule has 9 heteroatoms. The zero-order valence-electron chi connectivity index (χ0n) is 18.0. The summed E-state index contributed by atoms with van der Waals surface area (Å²) in [6.45, 7) is 2.08. The molecule has 0 bridgehead atoms. The number of carbonyl (C=O) groups excluding carboxylic acids is 1. The van der Waals surface area contributed by atoms with Gasteiger partial charge in [0.25, 0.3) is 11.5 Å². The summed E-state index contributed by atoms with van der Waals surface area (Å²) in [5.41, 5.74) is 1.04. The first kappa shape index (κ1) is 23.4. The molecule has 0 saturated carbocycles. The molecule has 0 spiro atoms. The van der Waals surface area contributed by atoms with Crippen LogP contribution in [0.2, 0.25) is 0 Å². The fourth-order valence-corrected chi connectivity index (χ4v) is 3.40. The molecule has 0 saturated heterocycles. The second kappa shape index (κ2) is 10.3. The van der Waals surface area contributed by atoms with Crippen LogP contribution in [0.25, 0.3) is 11.0 Å². The zero-order chi connectivity index (χ0) is 23.3. The minimum absolute atomic E-state index is 0.0660. The molecule has 0 aliphatic carbocycles. The van der Waals surface area contributed by atoms with Crippen molar-refractivity contribution < 1.29 is 24.1 Å². The van der Waals surface area contributed by atoms with Crippen LogP contribution in [-0.2, 0) is 17.7 Å². The number of halogens is 1. The number of aromatic hydroxyl groups is 1. The number of aromatic nitrogens is 2. The van der Waals surface area contributed by atoms with E-state index < -0.39 is 28.9 Å². The molecule has 1 unspecified atom stereocenters. The van der Waals surface area contributed by atoms with Gasteiger partial charge in [-0.1, -0.05) is 12.1 Å². The second-order valence-corrected chi connectivity index (χ2v) is 7.60. The van der Waals surface area contributed by atoms with Crippen molar-refractivity contribution >= 4 is 16.9 Å². The highest BCUT2D eigenvalue weighted by Gasteiger charge is 2.23. The van der Waals surface area contributed by atoms with E-state index in [9.17, 15) is 24.2 Å². The van der Waals surface area contributed by atoms with E-state index in [-0.39, 0.29) is 24.4 Å². The summed E-state index contributed by atoms with van der Waals surface area (Å²) in [7, 11) is 1.55. The van der Waals surface area contributed by atoms with E-state index in [4.69, 9.17) is 4.74 Å². The lowest BCUT2D eigenvalue weighted by Gasteiger charge is -2.16. The standard InChI is InChI=1S/C23H26FN3O5/c1-14(28)12-26-22(30)19-21(29)20-18(27(23(19)31)8-3-9-32-2)11-16(13-25-20)10-15-4-6-17(24)7-5-15/h4-7,11,13-14,28-29H,3,8-10,12H2,1-2H3,(H,26,30). The minimum atomic E-state index is -0.808. The number of nitrogens with one attached hydrogen (secondary N) is 1. The normalized spacial score (nSPS) is 12.1. The minimum Gasteiger partial charge on any atom is -0.505 e. The maximum absolute atomic E-state index is 13.2. The summed E-state index contributed by atoms with van der Waals surface area (Å²) < 4.78 is 19.7. The third-order valence-electron chi connectivity index (χ3n) is 4.97. The van der Waals surface area contributed by atoms with Gasteiger partial charge in [0.2, 0.25) is 0 Å². The highest BCUT2D eigenvalue weighted by molar-refractivity contribution is 6.01. The predicted molar refractivity (Wildman–Crippen MR) is 117 cm³/mol. The van der Waals surface area contributed by atoms with E-state index >= 15 is 0 Å². The van der Waals surface area contributed by atoms with Gasteiger partial charge in [0.05, 0.1) is 11.6 Å². The van der Waals surface area contributed by atoms with E-state index in [2.05, 4.69) is 10.3 Å². The van der Waals surface area contributed by atoms with Crippen LogP contribution in [0.1, 0.15) is 34.8 Å². The van der Waals surface area contributed by atoms with Crippen molar-refractivity contribution in [3.63, 3.8) is 0 Å². The van der Waals surface area contributed by atoms with Crippen molar-refractivity contribution in [1.82, 2.24) is 14.9 Å². The van der Waals surface area contributed by atoms with Crippen molar-refractivity contribution in [3.8, 4) is 5.75 Å². The van der Waals surface area contributed by atoms with Gasteiger partial charge in [0.1, 0.15) is 16.9 Å². The largest absolute Gasteiger partial charge is 0.505 e. The Kier molecular flexibility index (Phi) is 7.55. The molecule has 2 heterocycles. The molecule has 3 rings (SSSR count). The highest BCUT2D eigenvalue weighted by atomic mass is 19.1. The number of carbonyl (C=O) groups is 1. The fraction of sp³-hybridized carbons (Fsp3) is 0.348. The summed E-state index contributed by atoms with van der Waals surface area (Å²) >= 11 is 0. The molecule has 3 N–H and O–H groups in total. The summed E-state index contributed by atoms with van der Waals surface area (Å²) in [5.74, 6) is -1.62. The zero-order valence-corrected chi connectivity index (χ0v) is 18.0. The average Bonchev–Trinajstić information content (AvgIpc) is 2.76. The Bertz CT molecular complexity index is 1160. The van der Waals surface area contributed by atoms with Crippen LogP contribution in [0.15, 0.2) is 41.3 Å². The SMILES string of the molecule is COCCCn1c(=O)c(C(=O)NCC(C)O)c(O)c2ncc(Cc3ccc(F)cc3)cc21. The number of fused-ring (bicyclic) bond motifs is 1. The van der Waals surface area contributed by atoms with E-state index in [0.717, 1.165) is 11.1 Å². The highest BCUT2D eigenvalue weighted by Crippen LogP contribution is 2.26. The number of pyridine rings is 2. The molecule has 170 valence electrons. The Morgan fingerprint density at radius 2 is 2.00 bits per heavy atom. The lowest BCUT2D eigenvalue weighted by atomic mass is 10.1. The molecule has 0 aliphatic rings. The molecule has 1 atom stereocenters. The first-order chi connectivity index (χ1) is 15.3. The smallest absolute Gasteiger partial charge is 0.267 e. The Hall–Kier alpha value is -3.30. The van der Waals surface area contributed by atoms with Gasteiger partial charge >= 0.3 is 0 Å². The molecule has 0 fully saturated rings. The summed E-state index contributed by atoms with van der Waals surface area (Å²) in [6.07, 6.45) is 1.70. The second-order valence-electron chi connectivity index (χ2n) is 7.60. The lowest BCUT2D eigenvalue weighted by molar-refractivity contribution is 0.0919. The van der Waals surface area contributed by atoms with Crippen LogP contribution in [0.5, 0.6) is 5.75 Å². The van der Waals surface area contributed by atoms with Gasteiger partial charge in [-0.15, -0.1) is 0 Å². The number of hydrogen-bond acceptors (Lipinski definition) is 6. The fourth-order valence-electron chi connectivity index (χ4n) is 3.40. The van der Waals surface area contributed by atoms with Crippen LogP contribution in [0.3, 0.4) is 0 Å². The molecular formula is C23H26FN3O5. The van der Waals surface area contributed by atoms with E-state index in [0.29, 0.717) is 25.0 Å². The number of aliphatic hydroxyl groups is 1. The van der Waals surface area contributed by atoms with Crippen molar-refractivity contribution in [2.24, 2.45) is 0 Å². The molecule has 8 nitrogen and oxygen atoms in total. The van der Waals surface area contributed by atoms with E-state index in [1.165, 1.54) is 23.6 Å². The number of aliphatic hydroxyl groups excluding tert-OH is 1. The Morgan fingerprint density at radius 3 is 2.66 bits per heavy atom. The van der Waals surface area contributed by atoms with Crippen molar-refractivity contribution in [2.45, 2.75) is 32.4 Å². The topological polar surface area (TPSA) is 114 Å². The van der Waals surface area contributed by atoms with Crippen LogP contribution in [0, 0.1) is 5.82 Å². The number of nitrogens with zero attached hydrogens (tertiary/aromatic N) is 2. The van der Waals surface area contributed by atoms with Gasteiger partial charge in [-0.05, 0) is 49.1 Å². The van der Waals surface area contributed by atoms with Crippen LogP contribution >= 0.6 is 0 Å². The maximum atomic E-state index is 13.2. The number of hydrogen-bond donors (Lipinski definition) is 3. The van der Waals surface area contributed by atoms with Crippen molar-refractivity contribution in [1.29, 1.82) is 0 Å². The van der Waals surface area contributed by atoms with Crippen LogP contribution in [-0.4, -0.2) is 52.0 Å². The van der Waals surface area contributed by atoms with Gasteiger partial charge in [-0.3, -0.25) is 14.6 Å². The van der Waals surface area contributed by atoms with Crippen LogP contribution < -0.4 is 10.9 Å². The van der Waals surface area contributed by atoms with E-state index in [1.54, 1.807) is 31.5 Å². The number of aryl methyl sites for hydroxylation is 1. The molecule has 0 radical (unpaired) electrons. The third-order valence-corrected chi connectivity index (χ3v) is 4.97. The predicted octanol–water partition coefficient (Wildman–Crippen LogP) is 1.98. The van der Waals surface area contributed by atoms with Gasteiger partial charge in [0, 0.05) is 33.0 Å². The number of amides is 1. The van der Waals surface area contributed by atoms with Crippen molar-refractivity contribution in [3.05, 3.63) is 69.4 Å². The number of ether oxygens (including phenoxy) is 1. The average molecular weight is 443 g/mol. The molecule has 0 aliphatic heterocycles. The lowest BCUT2D eigenvalue weighted by Crippen LogP contribution is -2.36. The third kappa shape index (κ3) is 5.30. The first-order valence-corrected chi connectivity index (χ1v) is 10.3. The Labute approximate surface area is 184 Å². The first-order valence-electron chi connectivity index (χ1n) is 10.3. The summed E-state index contributed by atoms with van der Waals surface area (Å²) in [4.78, 5) is 30.1. The Morgan fingerprint density at radius 1 is 1.28 bits per heavy atom.